The van der Waals surface area contributed by atoms with E-state index in [0.717, 1.165) is 10.5 Å². The standard InChI is InChI=1S/C25H29N3O2S/c1-24(2,3)18-11-9-17(10-12-18)22-21(31(30)19-7-5-4-6-8-19)15-20(27-22)23(29)28-25(16-26)13-14-25/h4-12,20-22,27H,13-15H2,1-3H3,(H,28,29)/p+1. The first kappa shape index (κ1) is 21.7. The van der Waals surface area contributed by atoms with Gasteiger partial charge in [-0.25, -0.2) is 0 Å². The highest BCUT2D eigenvalue weighted by molar-refractivity contribution is 7.85. The van der Waals surface area contributed by atoms with Crippen LogP contribution in [0.15, 0.2) is 59.5 Å². The zero-order valence-corrected chi connectivity index (χ0v) is 19.2. The smallest absolute Gasteiger partial charge is 0.238 e. The van der Waals surface area contributed by atoms with Gasteiger partial charge in [-0.3, -0.25) is 10.1 Å². The van der Waals surface area contributed by atoms with Gasteiger partial charge in [0, 0.05) is 6.42 Å². The van der Waals surface area contributed by atoms with Crippen LogP contribution in [0.4, 0.5) is 0 Å². The molecule has 31 heavy (non-hydrogen) atoms. The third-order valence-corrected chi connectivity index (χ3v) is 8.25. The second-order valence-electron chi connectivity index (χ2n) is 9.72. The van der Waals surface area contributed by atoms with Crippen LogP contribution in [-0.2, 0) is 25.2 Å². The highest BCUT2D eigenvalue weighted by Gasteiger charge is 2.49. The Morgan fingerprint density at radius 3 is 2.32 bits per heavy atom. The molecule has 162 valence electrons. The molecule has 2 fully saturated rings. The Hall–Kier alpha value is -2.49. The van der Waals surface area contributed by atoms with Crippen molar-refractivity contribution in [1.29, 1.82) is 5.26 Å². The van der Waals surface area contributed by atoms with Gasteiger partial charge >= 0.3 is 0 Å². The third-order valence-electron chi connectivity index (χ3n) is 6.33. The third kappa shape index (κ3) is 4.58. The lowest BCUT2D eigenvalue weighted by molar-refractivity contribution is -0.123. The largest absolute Gasteiger partial charge is 0.336 e. The van der Waals surface area contributed by atoms with Crippen LogP contribution in [-0.4, -0.2) is 22.7 Å². The molecule has 1 heterocycles. The lowest BCUT2D eigenvalue weighted by Crippen LogP contribution is -2.46. The van der Waals surface area contributed by atoms with Crippen molar-refractivity contribution in [1.82, 2.24) is 10.6 Å². The molecule has 2 aliphatic rings. The van der Waals surface area contributed by atoms with E-state index in [1.807, 2.05) is 30.3 Å². The summed E-state index contributed by atoms with van der Waals surface area (Å²) in [7, 11) is -1.70. The number of carbonyl (C=O) groups is 1. The summed E-state index contributed by atoms with van der Waals surface area (Å²) in [6.45, 7) is 6.52. The highest BCUT2D eigenvalue weighted by Crippen LogP contribution is 2.37. The van der Waals surface area contributed by atoms with Gasteiger partial charge in [-0.05, 0) is 41.5 Å². The number of nitriles is 1. The van der Waals surface area contributed by atoms with Crippen molar-refractivity contribution < 1.29 is 9.00 Å². The van der Waals surface area contributed by atoms with Crippen LogP contribution < -0.4 is 10.6 Å². The van der Waals surface area contributed by atoms with E-state index in [2.05, 4.69) is 61.7 Å². The summed E-state index contributed by atoms with van der Waals surface area (Å²) in [5.41, 5.74) is 1.61. The molecule has 1 aliphatic carbocycles. The van der Waals surface area contributed by atoms with Crippen molar-refractivity contribution in [2.45, 2.75) is 73.2 Å². The number of rotatable bonds is 5. The van der Waals surface area contributed by atoms with Crippen molar-refractivity contribution in [3.05, 3.63) is 65.7 Å². The topological polar surface area (TPSA) is 82.0 Å². The minimum Gasteiger partial charge on any atom is -0.336 e. The molecule has 1 saturated carbocycles. The summed E-state index contributed by atoms with van der Waals surface area (Å²) >= 11 is 0. The summed E-state index contributed by atoms with van der Waals surface area (Å²) in [6, 6.07) is 19.4. The molecule has 0 aromatic heterocycles. The molecule has 5 nitrogen and oxygen atoms in total. The van der Waals surface area contributed by atoms with Crippen LogP contribution in [0.5, 0.6) is 0 Å². The van der Waals surface area contributed by atoms with E-state index in [1.165, 1.54) is 5.56 Å². The maximum Gasteiger partial charge on any atom is 0.238 e. The number of hydrogen-bond donors (Lipinski definition) is 2. The number of hydrogen-bond acceptors (Lipinski definition) is 4. The lowest BCUT2D eigenvalue weighted by Gasteiger charge is -2.21. The Morgan fingerprint density at radius 1 is 1.13 bits per heavy atom. The minimum absolute atomic E-state index is 0.0501. The summed E-state index contributed by atoms with van der Waals surface area (Å²) in [6.07, 6.45) is 1.87. The van der Waals surface area contributed by atoms with Gasteiger partial charge in [0.15, 0.2) is 4.90 Å². The van der Waals surface area contributed by atoms with Gasteiger partial charge < -0.3 is 5.32 Å². The quantitative estimate of drug-likeness (QED) is 0.553. The van der Waals surface area contributed by atoms with Gasteiger partial charge in [-0.2, -0.15) is 5.26 Å². The maximum atomic E-state index is 13.5. The van der Waals surface area contributed by atoms with Gasteiger partial charge in [0.25, 0.3) is 0 Å². The predicted octanol–water partition coefficient (Wildman–Crippen LogP) is 3.68. The first-order valence-electron chi connectivity index (χ1n) is 10.8. The van der Waals surface area contributed by atoms with E-state index >= 15 is 0 Å². The van der Waals surface area contributed by atoms with Gasteiger partial charge in [0.2, 0.25) is 5.91 Å². The molecule has 2 aromatic carbocycles. The molecule has 2 N–H and O–H groups in total. The Bertz CT molecular complexity index is 1020. The Kier molecular flexibility index (Phi) is 5.76. The Morgan fingerprint density at radius 2 is 1.77 bits per heavy atom. The van der Waals surface area contributed by atoms with Gasteiger partial charge in [0.05, 0.1) is 18.2 Å². The van der Waals surface area contributed by atoms with Gasteiger partial charge in [0.1, 0.15) is 21.6 Å². The number of nitrogens with zero attached hydrogens (tertiary/aromatic N) is 1. The molecule has 4 rings (SSSR count). The Balaban J connectivity index is 1.60. The zero-order chi connectivity index (χ0) is 22.2. The van der Waals surface area contributed by atoms with Crippen LogP contribution in [0.1, 0.15) is 57.2 Å². The van der Waals surface area contributed by atoms with Crippen molar-refractivity contribution in [3.63, 3.8) is 0 Å². The summed E-state index contributed by atoms with van der Waals surface area (Å²) < 4.78 is 13.5. The molecular formula is C25H30N3O2S+. The Labute approximate surface area is 186 Å². The predicted molar refractivity (Wildman–Crippen MR) is 123 cm³/mol. The summed E-state index contributed by atoms with van der Waals surface area (Å²) in [5.74, 6) is -0.172. The van der Waals surface area contributed by atoms with Crippen molar-refractivity contribution in [2.75, 3.05) is 0 Å². The molecule has 4 atom stereocenters. The van der Waals surface area contributed by atoms with E-state index < -0.39 is 22.4 Å². The number of carbonyl (C=O) groups excluding carboxylic acids is 1. The molecule has 1 aliphatic heterocycles. The van der Waals surface area contributed by atoms with E-state index in [4.69, 9.17) is 0 Å². The molecule has 0 radical (unpaired) electrons. The van der Waals surface area contributed by atoms with E-state index in [9.17, 15) is 14.3 Å². The van der Waals surface area contributed by atoms with E-state index in [-0.39, 0.29) is 22.6 Å². The van der Waals surface area contributed by atoms with Gasteiger partial charge in [-0.15, -0.1) is 4.21 Å². The molecule has 1 amide bonds. The molecule has 6 heteroatoms. The van der Waals surface area contributed by atoms with E-state index in [1.54, 1.807) is 0 Å². The summed E-state index contributed by atoms with van der Waals surface area (Å²) in [5, 5.41) is 15.5. The average molecular weight is 437 g/mol. The minimum atomic E-state index is -1.70. The summed E-state index contributed by atoms with van der Waals surface area (Å²) in [4.78, 5) is 13.7. The highest BCUT2D eigenvalue weighted by atomic mass is 32.2. The number of thiol groups is 1. The fourth-order valence-corrected chi connectivity index (χ4v) is 5.96. The zero-order valence-electron chi connectivity index (χ0n) is 18.3. The van der Waals surface area contributed by atoms with Crippen LogP contribution in [0.3, 0.4) is 0 Å². The van der Waals surface area contributed by atoms with Crippen LogP contribution in [0.25, 0.3) is 0 Å². The number of benzene rings is 2. The molecule has 1 saturated heterocycles. The molecule has 2 aromatic rings. The van der Waals surface area contributed by atoms with Crippen molar-refractivity contribution in [3.8, 4) is 6.07 Å². The maximum absolute atomic E-state index is 13.5. The molecule has 0 bridgehead atoms. The van der Waals surface area contributed by atoms with Crippen LogP contribution in [0.2, 0.25) is 0 Å². The first-order valence-corrected chi connectivity index (χ1v) is 12.2. The van der Waals surface area contributed by atoms with Gasteiger partial charge in [-0.1, -0.05) is 63.2 Å². The van der Waals surface area contributed by atoms with E-state index in [0.29, 0.717) is 19.3 Å². The molecular weight excluding hydrogens is 406 g/mol. The van der Waals surface area contributed by atoms with Crippen LogP contribution in [0, 0.1) is 11.3 Å². The lowest BCUT2D eigenvalue weighted by atomic mass is 9.86. The fraction of sp³-hybridized carbons (Fsp3) is 0.440. The normalized spacial score (nSPS) is 25.4. The second kappa shape index (κ2) is 8.22. The van der Waals surface area contributed by atoms with Crippen molar-refractivity contribution in [2.24, 2.45) is 0 Å². The molecule has 4 unspecified atom stereocenters. The monoisotopic (exact) mass is 436 g/mol. The molecule has 0 spiro atoms. The first-order chi connectivity index (χ1) is 14.7. The van der Waals surface area contributed by atoms with Crippen molar-refractivity contribution >= 4 is 16.7 Å². The average Bonchev–Trinajstić information content (AvgIpc) is 3.39. The fourth-order valence-electron chi connectivity index (χ4n) is 4.18. The number of nitrogens with one attached hydrogen (secondary N) is 2. The van der Waals surface area contributed by atoms with Crippen LogP contribution >= 0.6 is 0 Å². The second-order valence-corrected chi connectivity index (χ2v) is 11.5. The number of amides is 1. The SMILES string of the molecule is CC(C)(C)c1ccc(C2NC(C(=O)NC3(C#N)CC3)CC2[SH+](=O)c2ccccc2)cc1.